The van der Waals surface area contributed by atoms with Crippen molar-refractivity contribution < 1.29 is 4.79 Å². The maximum atomic E-state index is 12.9. The first kappa shape index (κ1) is 17.8. The van der Waals surface area contributed by atoms with Crippen LogP contribution < -0.4 is 16.0 Å². The Morgan fingerprint density at radius 1 is 1.00 bits per heavy atom. The lowest BCUT2D eigenvalue weighted by Crippen LogP contribution is -2.48. The highest BCUT2D eigenvalue weighted by atomic mass is 16.1. The molecule has 2 unspecified atom stereocenters. The van der Waals surface area contributed by atoms with Crippen LogP contribution in [0.5, 0.6) is 0 Å². The third-order valence-electron chi connectivity index (χ3n) is 6.87. The van der Waals surface area contributed by atoms with E-state index in [0.29, 0.717) is 17.9 Å². The summed E-state index contributed by atoms with van der Waals surface area (Å²) in [5.74, 6) is 1.41. The van der Waals surface area contributed by atoms with Crippen molar-refractivity contribution in [3.05, 3.63) is 24.3 Å². The second-order valence-corrected chi connectivity index (χ2v) is 8.64. The van der Waals surface area contributed by atoms with Crippen LogP contribution >= 0.6 is 0 Å². The molecule has 4 heteroatoms. The molecule has 3 fully saturated rings. The normalized spacial score (nSPS) is 32.0. The smallest absolute Gasteiger partial charge is 0.227 e. The molecule has 142 valence electrons. The largest absolute Gasteiger partial charge is 0.371 e. The molecule has 1 aromatic rings. The molecule has 0 spiro atoms. The van der Waals surface area contributed by atoms with Gasteiger partial charge in [0, 0.05) is 36.4 Å². The fourth-order valence-electron chi connectivity index (χ4n) is 5.36. The van der Waals surface area contributed by atoms with E-state index < -0.39 is 0 Å². The Labute approximate surface area is 157 Å². The zero-order valence-corrected chi connectivity index (χ0v) is 15.8. The fourth-order valence-corrected chi connectivity index (χ4v) is 5.36. The van der Waals surface area contributed by atoms with Crippen LogP contribution in [0.4, 0.5) is 11.4 Å². The molecule has 1 aromatic carbocycles. The van der Waals surface area contributed by atoms with Gasteiger partial charge in [0.15, 0.2) is 0 Å². The summed E-state index contributed by atoms with van der Waals surface area (Å²) in [6, 6.07) is 8.73. The highest BCUT2D eigenvalue weighted by molar-refractivity contribution is 5.93. The van der Waals surface area contributed by atoms with E-state index in [-0.39, 0.29) is 11.8 Å². The molecule has 3 aliphatic rings. The van der Waals surface area contributed by atoms with Crippen molar-refractivity contribution >= 4 is 17.3 Å². The van der Waals surface area contributed by atoms with Gasteiger partial charge in [0.05, 0.1) is 0 Å². The number of hydrogen-bond acceptors (Lipinski definition) is 3. The first-order valence-electron chi connectivity index (χ1n) is 10.6. The average molecular weight is 356 g/mol. The lowest BCUT2D eigenvalue weighted by molar-refractivity contribution is -0.122. The molecule has 2 saturated carbocycles. The third-order valence-corrected chi connectivity index (χ3v) is 6.87. The maximum Gasteiger partial charge on any atom is 0.227 e. The van der Waals surface area contributed by atoms with E-state index in [1.807, 2.05) is 6.07 Å². The lowest BCUT2D eigenvalue weighted by atomic mass is 9.65. The SMILES string of the molecule is NC1C2CCCC1CC(C(=O)Nc1cccc(N3CCCCCC3)c1)C2. The summed E-state index contributed by atoms with van der Waals surface area (Å²) >= 11 is 0. The Bertz CT molecular complexity index is 610. The Balaban J connectivity index is 1.40. The van der Waals surface area contributed by atoms with Crippen molar-refractivity contribution in [3.63, 3.8) is 0 Å². The van der Waals surface area contributed by atoms with Crippen LogP contribution in [-0.2, 0) is 4.79 Å². The van der Waals surface area contributed by atoms with Gasteiger partial charge >= 0.3 is 0 Å². The van der Waals surface area contributed by atoms with Crippen LogP contribution in [0.3, 0.4) is 0 Å². The number of rotatable bonds is 3. The van der Waals surface area contributed by atoms with E-state index in [0.717, 1.165) is 31.6 Å². The van der Waals surface area contributed by atoms with Gasteiger partial charge in [-0.2, -0.15) is 0 Å². The van der Waals surface area contributed by atoms with E-state index >= 15 is 0 Å². The Morgan fingerprint density at radius 3 is 2.38 bits per heavy atom. The van der Waals surface area contributed by atoms with Gasteiger partial charge in [0.25, 0.3) is 0 Å². The van der Waals surface area contributed by atoms with Crippen LogP contribution in [-0.4, -0.2) is 25.0 Å². The minimum atomic E-state index is 0.131. The van der Waals surface area contributed by atoms with Gasteiger partial charge in [-0.3, -0.25) is 4.79 Å². The van der Waals surface area contributed by atoms with Crippen molar-refractivity contribution in [3.8, 4) is 0 Å². The van der Waals surface area contributed by atoms with Crippen molar-refractivity contribution in [2.24, 2.45) is 23.5 Å². The first-order chi connectivity index (χ1) is 12.7. The van der Waals surface area contributed by atoms with Gasteiger partial charge in [-0.15, -0.1) is 0 Å². The summed E-state index contributed by atoms with van der Waals surface area (Å²) in [7, 11) is 0. The number of anilines is 2. The van der Waals surface area contributed by atoms with Crippen molar-refractivity contribution in [1.29, 1.82) is 0 Å². The molecule has 2 aliphatic carbocycles. The van der Waals surface area contributed by atoms with Crippen LogP contribution in [0.25, 0.3) is 0 Å². The van der Waals surface area contributed by atoms with E-state index in [1.54, 1.807) is 0 Å². The number of amides is 1. The Morgan fingerprint density at radius 2 is 1.69 bits per heavy atom. The molecular formula is C22H33N3O. The highest BCUT2D eigenvalue weighted by Gasteiger charge is 2.40. The number of nitrogens with zero attached hydrogens (tertiary/aromatic N) is 1. The standard InChI is InChI=1S/C22H33N3O/c23-21-16-7-5-8-17(21)14-18(13-16)22(26)24-19-9-6-10-20(15-19)25-11-3-1-2-4-12-25/h6,9-10,15-18,21H,1-5,7-8,11-14,23H2,(H,24,26). The molecule has 2 bridgehead atoms. The zero-order valence-electron chi connectivity index (χ0n) is 15.8. The molecule has 1 amide bonds. The molecule has 26 heavy (non-hydrogen) atoms. The van der Waals surface area contributed by atoms with E-state index in [4.69, 9.17) is 5.73 Å². The first-order valence-corrected chi connectivity index (χ1v) is 10.6. The Hall–Kier alpha value is -1.55. The molecule has 0 aromatic heterocycles. The second kappa shape index (κ2) is 7.99. The zero-order chi connectivity index (χ0) is 17.9. The highest BCUT2D eigenvalue weighted by Crippen LogP contribution is 2.42. The van der Waals surface area contributed by atoms with Crippen molar-refractivity contribution in [2.45, 2.75) is 63.8 Å². The Kier molecular flexibility index (Phi) is 5.49. The minimum Gasteiger partial charge on any atom is -0.371 e. The summed E-state index contributed by atoms with van der Waals surface area (Å²) in [6.07, 6.45) is 10.8. The summed E-state index contributed by atoms with van der Waals surface area (Å²) < 4.78 is 0. The van der Waals surface area contributed by atoms with Crippen LogP contribution in [0, 0.1) is 17.8 Å². The van der Waals surface area contributed by atoms with Gasteiger partial charge in [-0.05, 0) is 68.6 Å². The van der Waals surface area contributed by atoms with Crippen molar-refractivity contribution in [1.82, 2.24) is 0 Å². The number of carbonyl (C=O) groups excluding carboxylic acids is 1. The molecule has 0 radical (unpaired) electrons. The minimum absolute atomic E-state index is 0.131. The molecular weight excluding hydrogens is 322 g/mol. The predicted octanol–water partition coefficient (Wildman–Crippen LogP) is 4.16. The summed E-state index contributed by atoms with van der Waals surface area (Å²) in [6.45, 7) is 2.25. The number of nitrogens with one attached hydrogen (secondary N) is 1. The van der Waals surface area contributed by atoms with Gasteiger partial charge < -0.3 is 16.0 Å². The molecule has 3 N–H and O–H groups in total. The number of fused-ring (bicyclic) bond motifs is 2. The lowest BCUT2D eigenvalue weighted by Gasteiger charge is -2.43. The molecule has 2 atom stereocenters. The summed E-state index contributed by atoms with van der Waals surface area (Å²) in [5, 5.41) is 3.20. The van der Waals surface area contributed by atoms with E-state index in [2.05, 4.69) is 28.4 Å². The maximum absolute atomic E-state index is 12.9. The van der Waals surface area contributed by atoms with Gasteiger partial charge in [-0.25, -0.2) is 0 Å². The summed E-state index contributed by atoms with van der Waals surface area (Å²) in [4.78, 5) is 15.3. The number of benzene rings is 1. The average Bonchev–Trinajstić information content (AvgIpc) is 2.91. The number of nitrogens with two attached hydrogens (primary N) is 1. The number of carbonyl (C=O) groups is 1. The van der Waals surface area contributed by atoms with Crippen LogP contribution in [0.15, 0.2) is 24.3 Å². The van der Waals surface area contributed by atoms with Gasteiger partial charge in [0.2, 0.25) is 5.91 Å². The van der Waals surface area contributed by atoms with E-state index in [1.165, 1.54) is 50.6 Å². The molecule has 1 heterocycles. The monoisotopic (exact) mass is 355 g/mol. The third kappa shape index (κ3) is 3.90. The number of hydrogen-bond donors (Lipinski definition) is 2. The van der Waals surface area contributed by atoms with Crippen LogP contribution in [0.2, 0.25) is 0 Å². The quantitative estimate of drug-likeness (QED) is 0.856. The summed E-state index contributed by atoms with van der Waals surface area (Å²) in [5.41, 5.74) is 8.56. The topological polar surface area (TPSA) is 58.4 Å². The van der Waals surface area contributed by atoms with Crippen LogP contribution in [0.1, 0.15) is 57.8 Å². The van der Waals surface area contributed by atoms with E-state index in [9.17, 15) is 4.79 Å². The van der Waals surface area contributed by atoms with Gasteiger partial charge in [0.1, 0.15) is 0 Å². The predicted molar refractivity (Wildman–Crippen MR) is 107 cm³/mol. The molecule has 4 nitrogen and oxygen atoms in total. The fraction of sp³-hybridized carbons (Fsp3) is 0.682. The molecule has 4 rings (SSSR count). The van der Waals surface area contributed by atoms with Gasteiger partial charge in [-0.1, -0.05) is 25.3 Å². The van der Waals surface area contributed by atoms with Crippen molar-refractivity contribution in [2.75, 3.05) is 23.3 Å². The second-order valence-electron chi connectivity index (χ2n) is 8.64. The molecule has 1 saturated heterocycles. The molecule has 1 aliphatic heterocycles.